The summed E-state index contributed by atoms with van der Waals surface area (Å²) < 4.78 is 12.5. The van der Waals surface area contributed by atoms with E-state index in [4.69, 9.17) is 9.47 Å². The number of quaternary nitrogens is 1. The van der Waals surface area contributed by atoms with Gasteiger partial charge in [0, 0.05) is 0 Å². The van der Waals surface area contributed by atoms with E-state index in [1.807, 2.05) is 0 Å². The quantitative estimate of drug-likeness (QED) is 0.147. The summed E-state index contributed by atoms with van der Waals surface area (Å²) in [7, 11) is 4.39. The second-order valence-electron chi connectivity index (χ2n) is 8.96. The van der Waals surface area contributed by atoms with Gasteiger partial charge in [0.2, 0.25) is 0 Å². The fourth-order valence-corrected chi connectivity index (χ4v) is 3.34. The molecular weight excluding hydrogens is 370 g/mol. The minimum Gasteiger partial charge on any atom is -1.00 e. The van der Waals surface area contributed by atoms with Crippen molar-refractivity contribution in [1.29, 1.82) is 0 Å². The fourth-order valence-electron chi connectivity index (χ4n) is 3.34. The Morgan fingerprint density at radius 1 is 0.464 bits per heavy atom. The average Bonchev–Trinajstić information content (AvgIpc) is 2.64. The van der Waals surface area contributed by atoms with Crippen LogP contribution in [-0.2, 0) is 9.47 Å². The van der Waals surface area contributed by atoms with E-state index in [1.165, 1.54) is 103 Å². The van der Waals surface area contributed by atoms with Crippen LogP contribution in [0.15, 0.2) is 0 Å². The van der Waals surface area contributed by atoms with Crippen molar-refractivity contribution in [2.45, 2.75) is 117 Å². The van der Waals surface area contributed by atoms with Crippen LogP contribution in [-0.4, -0.2) is 45.3 Å². The summed E-state index contributed by atoms with van der Waals surface area (Å²) in [5.41, 5.74) is 0. The standard InChI is InChI=1S/C24H52NO2.ClH/c1-5-7-9-11-13-14-15-16-18-20-22-27-24-25(3,4)23-26-21-19-17-12-10-8-6-2;/h5-24H2,1-4H3;1H/q+1;/p-1. The first-order valence-electron chi connectivity index (χ1n) is 12.1. The van der Waals surface area contributed by atoms with Crippen LogP contribution in [0.25, 0.3) is 0 Å². The van der Waals surface area contributed by atoms with Crippen molar-refractivity contribution in [2.24, 2.45) is 0 Å². The van der Waals surface area contributed by atoms with Crippen molar-refractivity contribution in [2.75, 3.05) is 40.8 Å². The first kappa shape index (κ1) is 30.4. The lowest BCUT2D eigenvalue weighted by Crippen LogP contribution is -3.00. The molecule has 0 radical (unpaired) electrons. The van der Waals surface area contributed by atoms with Gasteiger partial charge >= 0.3 is 0 Å². The van der Waals surface area contributed by atoms with Gasteiger partial charge in [-0.05, 0) is 12.8 Å². The molecule has 0 rings (SSSR count). The normalized spacial score (nSPS) is 11.6. The molecule has 0 aliphatic rings. The lowest BCUT2D eigenvalue weighted by molar-refractivity contribution is -0.927. The smallest absolute Gasteiger partial charge is 0.184 e. The number of halogens is 1. The van der Waals surface area contributed by atoms with Crippen molar-refractivity contribution < 1.29 is 26.4 Å². The van der Waals surface area contributed by atoms with Gasteiger partial charge in [-0.3, -0.25) is 4.48 Å². The largest absolute Gasteiger partial charge is 1.00 e. The molecule has 3 nitrogen and oxygen atoms in total. The molecule has 0 aromatic carbocycles. The molecule has 0 aromatic heterocycles. The number of nitrogens with zero attached hydrogens (tertiary/aromatic N) is 1. The van der Waals surface area contributed by atoms with Gasteiger partial charge in [-0.1, -0.05) is 104 Å². The molecule has 0 saturated heterocycles. The summed E-state index contributed by atoms with van der Waals surface area (Å²) >= 11 is 0. The maximum Gasteiger partial charge on any atom is 0.184 e. The number of unbranched alkanes of at least 4 members (excludes halogenated alkanes) is 14. The van der Waals surface area contributed by atoms with Gasteiger partial charge in [-0.2, -0.15) is 0 Å². The van der Waals surface area contributed by atoms with Crippen molar-refractivity contribution in [1.82, 2.24) is 0 Å². The summed E-state index contributed by atoms with van der Waals surface area (Å²) in [6.45, 7) is 7.86. The van der Waals surface area contributed by atoms with E-state index < -0.39 is 0 Å². The van der Waals surface area contributed by atoms with Gasteiger partial charge in [0.05, 0.1) is 27.3 Å². The Kier molecular flexibility index (Phi) is 25.4. The lowest BCUT2D eigenvalue weighted by atomic mass is 10.1. The van der Waals surface area contributed by atoms with Crippen LogP contribution in [0.1, 0.15) is 117 Å². The Morgan fingerprint density at radius 2 is 0.750 bits per heavy atom. The topological polar surface area (TPSA) is 18.5 Å². The third-order valence-electron chi connectivity index (χ3n) is 5.17. The highest BCUT2D eigenvalue weighted by Crippen LogP contribution is 2.11. The van der Waals surface area contributed by atoms with Gasteiger partial charge in [0.25, 0.3) is 0 Å². The third kappa shape index (κ3) is 24.2. The number of ether oxygens (including phenoxy) is 2. The Bertz CT molecular complexity index is 288. The summed E-state index contributed by atoms with van der Waals surface area (Å²) in [4.78, 5) is 0. The van der Waals surface area contributed by atoms with Crippen LogP contribution >= 0.6 is 0 Å². The molecule has 0 aromatic rings. The van der Waals surface area contributed by atoms with E-state index in [0.29, 0.717) is 0 Å². The fraction of sp³-hybridized carbons (Fsp3) is 1.00. The van der Waals surface area contributed by atoms with Crippen LogP contribution in [0.5, 0.6) is 0 Å². The molecule has 28 heavy (non-hydrogen) atoms. The molecular formula is C24H52ClNO2. The molecule has 0 spiro atoms. The number of hydrogen-bond donors (Lipinski definition) is 0. The van der Waals surface area contributed by atoms with E-state index in [0.717, 1.165) is 31.2 Å². The van der Waals surface area contributed by atoms with Crippen molar-refractivity contribution >= 4 is 0 Å². The van der Waals surface area contributed by atoms with Crippen molar-refractivity contribution in [3.05, 3.63) is 0 Å². The zero-order chi connectivity index (χ0) is 20.1. The average molecular weight is 422 g/mol. The maximum atomic E-state index is 5.89. The van der Waals surface area contributed by atoms with Crippen LogP contribution in [0, 0.1) is 0 Å². The zero-order valence-electron chi connectivity index (χ0n) is 19.8. The summed E-state index contributed by atoms with van der Waals surface area (Å²) in [6.07, 6.45) is 21.7. The molecule has 0 fully saturated rings. The summed E-state index contributed by atoms with van der Waals surface area (Å²) in [6, 6.07) is 0. The van der Waals surface area contributed by atoms with Crippen LogP contribution in [0.3, 0.4) is 0 Å². The summed E-state index contributed by atoms with van der Waals surface area (Å²) in [5.74, 6) is 0. The highest BCUT2D eigenvalue weighted by Gasteiger charge is 2.14. The first-order valence-corrected chi connectivity index (χ1v) is 12.1. The van der Waals surface area contributed by atoms with E-state index in [1.54, 1.807) is 0 Å². The minimum absolute atomic E-state index is 0. The molecule has 4 heteroatoms. The molecule has 0 heterocycles. The molecule has 0 saturated carbocycles. The predicted octanol–water partition coefficient (Wildman–Crippen LogP) is 4.30. The lowest BCUT2D eigenvalue weighted by Gasteiger charge is -2.28. The molecule has 0 bridgehead atoms. The third-order valence-corrected chi connectivity index (χ3v) is 5.17. The highest BCUT2D eigenvalue weighted by atomic mass is 35.5. The Morgan fingerprint density at radius 3 is 1.07 bits per heavy atom. The molecule has 0 aliphatic carbocycles. The molecule has 172 valence electrons. The van der Waals surface area contributed by atoms with Gasteiger partial charge in [-0.15, -0.1) is 0 Å². The van der Waals surface area contributed by atoms with Crippen molar-refractivity contribution in [3.63, 3.8) is 0 Å². The predicted molar refractivity (Wildman–Crippen MR) is 119 cm³/mol. The second-order valence-corrected chi connectivity index (χ2v) is 8.96. The highest BCUT2D eigenvalue weighted by molar-refractivity contribution is 4.47. The number of hydrogen-bond acceptors (Lipinski definition) is 2. The Labute approximate surface area is 183 Å². The van der Waals surface area contributed by atoms with Crippen LogP contribution < -0.4 is 12.4 Å². The van der Waals surface area contributed by atoms with E-state index in [-0.39, 0.29) is 12.4 Å². The first-order chi connectivity index (χ1) is 13.1. The summed E-state index contributed by atoms with van der Waals surface area (Å²) in [5, 5.41) is 0. The number of rotatable bonds is 22. The van der Waals surface area contributed by atoms with Gasteiger partial charge < -0.3 is 21.9 Å². The Balaban J connectivity index is 0. The van der Waals surface area contributed by atoms with Gasteiger partial charge in [0.15, 0.2) is 13.5 Å². The molecule has 0 aliphatic heterocycles. The van der Waals surface area contributed by atoms with Gasteiger partial charge in [-0.25, -0.2) is 0 Å². The van der Waals surface area contributed by atoms with Crippen molar-refractivity contribution in [3.8, 4) is 0 Å². The van der Waals surface area contributed by atoms with E-state index >= 15 is 0 Å². The van der Waals surface area contributed by atoms with Crippen LogP contribution in [0.2, 0.25) is 0 Å². The van der Waals surface area contributed by atoms with Gasteiger partial charge in [0.1, 0.15) is 0 Å². The molecule has 0 amide bonds. The molecule has 0 unspecified atom stereocenters. The zero-order valence-corrected chi connectivity index (χ0v) is 20.5. The SMILES string of the molecule is CCCCCCCCCCCCOC[N+](C)(C)COCCCCCCCC.[Cl-]. The van der Waals surface area contributed by atoms with E-state index in [9.17, 15) is 0 Å². The molecule has 0 N–H and O–H groups in total. The molecule has 0 atom stereocenters. The monoisotopic (exact) mass is 421 g/mol. The maximum absolute atomic E-state index is 5.89. The Hall–Kier alpha value is 0.170. The van der Waals surface area contributed by atoms with Crippen LogP contribution in [0.4, 0.5) is 0 Å². The minimum atomic E-state index is 0. The second kappa shape index (κ2) is 23.4. The van der Waals surface area contributed by atoms with E-state index in [2.05, 4.69) is 27.9 Å².